The molecule has 0 rings (SSSR count). The molecule has 1 unspecified atom stereocenters. The maximum absolute atomic E-state index is 12.6. The van der Waals surface area contributed by atoms with E-state index in [9.17, 15) is 9.59 Å². The summed E-state index contributed by atoms with van der Waals surface area (Å²) in [5.41, 5.74) is 0. The maximum atomic E-state index is 12.6. The Balaban J connectivity index is 4.09. The highest BCUT2D eigenvalue weighted by Crippen LogP contribution is 2.18. The average Bonchev–Trinajstić information content (AvgIpc) is 2.99. The Kier molecular flexibility index (Phi) is 33.6. The van der Waals surface area contributed by atoms with Gasteiger partial charge in [-0.1, -0.05) is 134 Å². The second kappa shape index (κ2) is 34.9. The van der Waals surface area contributed by atoms with Crippen molar-refractivity contribution in [3.05, 3.63) is 24.3 Å². The molecule has 0 radical (unpaired) electrons. The maximum Gasteiger partial charge on any atom is 0.306 e. The third kappa shape index (κ3) is 34.8. The zero-order valence-corrected chi connectivity index (χ0v) is 28.8. The highest BCUT2D eigenvalue weighted by atomic mass is 16.5. The highest BCUT2D eigenvalue weighted by molar-refractivity contribution is 5.69. The van der Waals surface area contributed by atoms with Crippen LogP contribution in [0.3, 0.4) is 0 Å². The van der Waals surface area contributed by atoms with E-state index in [4.69, 9.17) is 9.84 Å². The Morgan fingerprint density at radius 2 is 0.884 bits per heavy atom. The van der Waals surface area contributed by atoms with Crippen LogP contribution in [0.2, 0.25) is 0 Å². The van der Waals surface area contributed by atoms with Gasteiger partial charge in [0.1, 0.15) is 6.10 Å². The van der Waals surface area contributed by atoms with E-state index >= 15 is 0 Å². The lowest BCUT2D eigenvalue weighted by atomic mass is 10.0. The molecule has 43 heavy (non-hydrogen) atoms. The molecule has 0 heterocycles. The van der Waals surface area contributed by atoms with E-state index in [0.717, 1.165) is 70.6 Å². The molecule has 252 valence electrons. The van der Waals surface area contributed by atoms with Gasteiger partial charge in [-0.15, -0.1) is 0 Å². The minimum Gasteiger partial charge on any atom is -0.481 e. The summed E-state index contributed by atoms with van der Waals surface area (Å²) in [6, 6.07) is 0. The van der Waals surface area contributed by atoms with E-state index in [2.05, 4.69) is 38.2 Å². The molecule has 0 fully saturated rings. The lowest BCUT2D eigenvalue weighted by Gasteiger charge is -2.18. The van der Waals surface area contributed by atoms with Gasteiger partial charge in [0, 0.05) is 12.8 Å². The van der Waals surface area contributed by atoms with Crippen molar-refractivity contribution >= 4 is 11.9 Å². The predicted octanol–water partition coefficient (Wildman–Crippen LogP) is 12.8. The summed E-state index contributed by atoms with van der Waals surface area (Å²) in [6.45, 7) is 4.49. The molecule has 0 aliphatic carbocycles. The zero-order valence-electron chi connectivity index (χ0n) is 28.8. The van der Waals surface area contributed by atoms with Crippen LogP contribution in [0, 0.1) is 0 Å². The van der Waals surface area contributed by atoms with Crippen molar-refractivity contribution in [2.75, 3.05) is 0 Å². The fourth-order valence-electron chi connectivity index (χ4n) is 5.59. The van der Waals surface area contributed by atoms with E-state index in [-0.39, 0.29) is 18.5 Å². The van der Waals surface area contributed by atoms with Gasteiger partial charge in [0.25, 0.3) is 0 Å². The second-order valence-electron chi connectivity index (χ2n) is 12.8. The number of ether oxygens (including phenoxy) is 1. The average molecular weight is 605 g/mol. The molecule has 0 aromatic heterocycles. The standard InChI is InChI=1S/C39H72O4/c1-3-5-7-9-11-13-15-16-17-18-19-20-22-25-29-33-37(34-30-26-24-27-31-35-38(40)41)43-39(42)36-32-28-23-21-14-12-10-8-6-4-2/h8,10,18-19,37H,3-7,9,11-17,20-36H2,1-2H3,(H,40,41)/b10-8-,19-18-. The minimum atomic E-state index is -0.703. The summed E-state index contributed by atoms with van der Waals surface area (Å²) in [6.07, 6.45) is 43.3. The van der Waals surface area contributed by atoms with Gasteiger partial charge in [-0.05, 0) is 83.5 Å². The second-order valence-corrected chi connectivity index (χ2v) is 12.8. The summed E-state index contributed by atoms with van der Waals surface area (Å²) in [5, 5.41) is 8.80. The molecular weight excluding hydrogens is 532 g/mol. The first-order valence-electron chi connectivity index (χ1n) is 18.8. The van der Waals surface area contributed by atoms with Crippen molar-refractivity contribution < 1.29 is 19.4 Å². The van der Waals surface area contributed by atoms with Crippen LogP contribution in [0.15, 0.2) is 24.3 Å². The fraction of sp³-hybridized carbons (Fsp3) is 0.846. The number of carboxylic acids is 1. The van der Waals surface area contributed by atoms with Crippen LogP contribution in [-0.4, -0.2) is 23.1 Å². The summed E-state index contributed by atoms with van der Waals surface area (Å²) < 4.78 is 5.97. The Morgan fingerprint density at radius 3 is 1.37 bits per heavy atom. The summed E-state index contributed by atoms with van der Waals surface area (Å²) in [5.74, 6) is -0.719. The lowest BCUT2D eigenvalue weighted by molar-refractivity contribution is -0.150. The summed E-state index contributed by atoms with van der Waals surface area (Å²) in [7, 11) is 0. The zero-order chi connectivity index (χ0) is 31.5. The number of carbonyl (C=O) groups excluding carboxylic acids is 1. The minimum absolute atomic E-state index is 0.0159. The van der Waals surface area contributed by atoms with Gasteiger partial charge in [-0.2, -0.15) is 0 Å². The van der Waals surface area contributed by atoms with Crippen LogP contribution in [0.1, 0.15) is 206 Å². The van der Waals surface area contributed by atoms with Gasteiger partial charge < -0.3 is 9.84 Å². The Hall–Kier alpha value is -1.58. The van der Waals surface area contributed by atoms with Gasteiger partial charge in [-0.25, -0.2) is 0 Å². The Labute approximate surface area is 267 Å². The molecular formula is C39H72O4. The normalized spacial score (nSPS) is 12.4. The lowest BCUT2D eigenvalue weighted by Crippen LogP contribution is -2.18. The van der Waals surface area contributed by atoms with Gasteiger partial charge in [0.05, 0.1) is 0 Å². The van der Waals surface area contributed by atoms with Crippen LogP contribution in [0.5, 0.6) is 0 Å². The van der Waals surface area contributed by atoms with Crippen LogP contribution in [0.4, 0.5) is 0 Å². The van der Waals surface area contributed by atoms with Gasteiger partial charge in [-0.3, -0.25) is 9.59 Å². The van der Waals surface area contributed by atoms with Crippen molar-refractivity contribution in [1.82, 2.24) is 0 Å². The first-order chi connectivity index (χ1) is 21.1. The third-order valence-corrected chi connectivity index (χ3v) is 8.38. The van der Waals surface area contributed by atoms with Gasteiger partial charge >= 0.3 is 11.9 Å². The summed E-state index contributed by atoms with van der Waals surface area (Å²) >= 11 is 0. The molecule has 0 aliphatic rings. The molecule has 0 saturated heterocycles. The van der Waals surface area contributed by atoms with Crippen LogP contribution < -0.4 is 0 Å². The van der Waals surface area contributed by atoms with E-state index in [1.807, 2.05) is 0 Å². The number of allylic oxidation sites excluding steroid dienone is 4. The molecule has 4 nitrogen and oxygen atoms in total. The van der Waals surface area contributed by atoms with Crippen molar-refractivity contribution in [3.8, 4) is 0 Å². The number of hydrogen-bond donors (Lipinski definition) is 1. The number of rotatable bonds is 34. The quantitative estimate of drug-likeness (QED) is 0.0451. The summed E-state index contributed by atoms with van der Waals surface area (Å²) in [4.78, 5) is 23.3. The Morgan fingerprint density at radius 1 is 0.488 bits per heavy atom. The third-order valence-electron chi connectivity index (χ3n) is 8.38. The molecule has 0 amide bonds. The monoisotopic (exact) mass is 605 g/mol. The smallest absolute Gasteiger partial charge is 0.306 e. The van der Waals surface area contributed by atoms with E-state index in [0.29, 0.717) is 6.42 Å². The number of hydrogen-bond acceptors (Lipinski definition) is 3. The molecule has 4 heteroatoms. The van der Waals surface area contributed by atoms with Gasteiger partial charge in [0.15, 0.2) is 0 Å². The van der Waals surface area contributed by atoms with Gasteiger partial charge in [0.2, 0.25) is 0 Å². The van der Waals surface area contributed by atoms with Crippen LogP contribution in [0.25, 0.3) is 0 Å². The highest BCUT2D eigenvalue weighted by Gasteiger charge is 2.14. The molecule has 0 saturated carbocycles. The number of carboxylic acid groups (broad SMARTS) is 1. The number of esters is 1. The molecule has 0 bridgehead atoms. The predicted molar refractivity (Wildman–Crippen MR) is 186 cm³/mol. The van der Waals surface area contributed by atoms with E-state index in [1.165, 1.54) is 109 Å². The number of carbonyl (C=O) groups is 2. The van der Waals surface area contributed by atoms with Crippen LogP contribution in [-0.2, 0) is 14.3 Å². The van der Waals surface area contributed by atoms with Crippen molar-refractivity contribution in [3.63, 3.8) is 0 Å². The topological polar surface area (TPSA) is 63.6 Å². The van der Waals surface area contributed by atoms with E-state index < -0.39 is 5.97 Å². The van der Waals surface area contributed by atoms with E-state index in [1.54, 1.807) is 0 Å². The number of aliphatic carboxylic acids is 1. The fourth-order valence-corrected chi connectivity index (χ4v) is 5.59. The first kappa shape index (κ1) is 41.4. The molecule has 0 aromatic carbocycles. The molecule has 0 aromatic rings. The van der Waals surface area contributed by atoms with Crippen LogP contribution >= 0.6 is 0 Å². The molecule has 0 spiro atoms. The largest absolute Gasteiger partial charge is 0.481 e. The Bertz CT molecular complexity index is 654. The molecule has 0 aliphatic heterocycles. The number of unbranched alkanes of at least 4 members (excludes halogenated alkanes) is 21. The molecule has 1 atom stereocenters. The first-order valence-corrected chi connectivity index (χ1v) is 18.8. The SMILES string of the molecule is CCC/C=C\CCCCCCCC(=O)OC(CCCCC/C=C\CCCCCCCCCC)CCCCCCCC(=O)O. The van der Waals surface area contributed by atoms with Crippen molar-refractivity contribution in [2.45, 2.75) is 213 Å². The van der Waals surface area contributed by atoms with Crippen molar-refractivity contribution in [1.29, 1.82) is 0 Å². The van der Waals surface area contributed by atoms with Crippen molar-refractivity contribution in [2.24, 2.45) is 0 Å². The molecule has 1 N–H and O–H groups in total.